The van der Waals surface area contributed by atoms with Gasteiger partial charge in [-0.05, 0) is 91.7 Å². The second-order valence-corrected chi connectivity index (χ2v) is 9.82. The second kappa shape index (κ2) is 11.0. The maximum atomic E-state index is 14.7. The van der Waals surface area contributed by atoms with Crippen LogP contribution in [0.1, 0.15) is 87.0 Å². The topological polar surface area (TPSA) is 0 Å². The molecule has 0 radical (unpaired) electrons. The lowest BCUT2D eigenvalue weighted by molar-refractivity contribution is -0.140. The van der Waals surface area contributed by atoms with Crippen molar-refractivity contribution in [1.29, 1.82) is 0 Å². The van der Waals surface area contributed by atoms with Crippen LogP contribution in [0.3, 0.4) is 0 Å². The molecule has 3 rings (SSSR count). The van der Waals surface area contributed by atoms with Crippen LogP contribution in [0.25, 0.3) is 0 Å². The first-order valence-corrected chi connectivity index (χ1v) is 11.9. The standard InChI is InChI=1S/C27H32F6/c1-17(2)4-3-5-18-6-10-20(11-7-18)21-15-24(28)22(25(29)16-21)12-8-19-9-13-23(26(30)14-19)27(31,32)33/h9,13-18,20H,3-8,10-12H2,1-2H3. The minimum absolute atomic E-state index is 0.0454. The minimum atomic E-state index is -4.77. The minimum Gasteiger partial charge on any atom is -0.207 e. The fraction of sp³-hybridized carbons (Fsp3) is 0.556. The number of hydrogen-bond acceptors (Lipinski definition) is 0. The van der Waals surface area contributed by atoms with Gasteiger partial charge in [-0.15, -0.1) is 0 Å². The number of aryl methyl sites for hydroxylation is 1. The Morgan fingerprint density at radius 1 is 0.848 bits per heavy atom. The fourth-order valence-electron chi connectivity index (χ4n) is 4.91. The second-order valence-electron chi connectivity index (χ2n) is 9.82. The van der Waals surface area contributed by atoms with Gasteiger partial charge >= 0.3 is 6.18 Å². The number of benzene rings is 2. The SMILES string of the molecule is CC(C)CCCC1CCC(c2cc(F)c(CCc3ccc(C(F)(F)F)c(F)c3)c(F)c2)CC1. The van der Waals surface area contributed by atoms with Gasteiger partial charge in [0.2, 0.25) is 0 Å². The molecule has 33 heavy (non-hydrogen) atoms. The van der Waals surface area contributed by atoms with Crippen molar-refractivity contribution in [2.45, 2.75) is 83.7 Å². The number of halogens is 6. The van der Waals surface area contributed by atoms with E-state index in [9.17, 15) is 26.3 Å². The molecule has 1 aliphatic rings. The molecule has 2 aromatic carbocycles. The van der Waals surface area contributed by atoms with Gasteiger partial charge in [-0.3, -0.25) is 0 Å². The average molecular weight is 471 g/mol. The highest BCUT2D eigenvalue weighted by Gasteiger charge is 2.34. The van der Waals surface area contributed by atoms with Crippen molar-refractivity contribution in [1.82, 2.24) is 0 Å². The summed E-state index contributed by atoms with van der Waals surface area (Å²) in [6.45, 7) is 4.46. The van der Waals surface area contributed by atoms with Gasteiger partial charge < -0.3 is 0 Å². The Balaban J connectivity index is 1.59. The Labute approximate surface area is 192 Å². The van der Waals surface area contributed by atoms with Gasteiger partial charge in [0.25, 0.3) is 0 Å². The fourth-order valence-corrected chi connectivity index (χ4v) is 4.91. The molecule has 0 atom stereocenters. The lowest BCUT2D eigenvalue weighted by Gasteiger charge is -2.29. The first-order chi connectivity index (χ1) is 15.5. The molecule has 0 bridgehead atoms. The lowest BCUT2D eigenvalue weighted by Crippen LogP contribution is -2.14. The van der Waals surface area contributed by atoms with Crippen LogP contribution in [0, 0.1) is 29.3 Å². The average Bonchev–Trinajstić information content (AvgIpc) is 2.72. The predicted molar refractivity (Wildman–Crippen MR) is 119 cm³/mol. The number of alkyl halides is 3. The van der Waals surface area contributed by atoms with E-state index in [4.69, 9.17) is 0 Å². The number of rotatable bonds is 8. The van der Waals surface area contributed by atoms with Crippen molar-refractivity contribution in [3.8, 4) is 0 Å². The Hall–Kier alpha value is -1.98. The molecular weight excluding hydrogens is 438 g/mol. The smallest absolute Gasteiger partial charge is 0.207 e. The summed E-state index contributed by atoms with van der Waals surface area (Å²) >= 11 is 0. The first kappa shape index (κ1) is 25.6. The number of hydrogen-bond donors (Lipinski definition) is 0. The van der Waals surface area contributed by atoms with Crippen molar-refractivity contribution >= 4 is 0 Å². The van der Waals surface area contributed by atoms with Gasteiger partial charge in [0.1, 0.15) is 17.5 Å². The highest BCUT2D eigenvalue weighted by atomic mass is 19.4. The highest BCUT2D eigenvalue weighted by Crippen LogP contribution is 2.39. The molecule has 2 aromatic rings. The van der Waals surface area contributed by atoms with Crippen molar-refractivity contribution in [3.63, 3.8) is 0 Å². The third kappa shape index (κ3) is 7.00. The summed E-state index contributed by atoms with van der Waals surface area (Å²) in [5.74, 6) is -1.11. The molecule has 0 unspecified atom stereocenters. The summed E-state index contributed by atoms with van der Waals surface area (Å²) in [7, 11) is 0. The third-order valence-corrected chi connectivity index (χ3v) is 6.88. The van der Waals surface area contributed by atoms with Crippen LogP contribution in [0.15, 0.2) is 30.3 Å². The van der Waals surface area contributed by atoms with Crippen LogP contribution in [0.2, 0.25) is 0 Å². The maximum Gasteiger partial charge on any atom is 0.419 e. The molecule has 182 valence electrons. The first-order valence-electron chi connectivity index (χ1n) is 11.9. The molecule has 0 heterocycles. The zero-order chi connectivity index (χ0) is 24.2. The van der Waals surface area contributed by atoms with Gasteiger partial charge in [-0.1, -0.05) is 39.2 Å². The van der Waals surface area contributed by atoms with Crippen LogP contribution in [0.5, 0.6) is 0 Å². The molecular formula is C27H32F6. The van der Waals surface area contributed by atoms with Crippen LogP contribution >= 0.6 is 0 Å². The molecule has 1 saturated carbocycles. The van der Waals surface area contributed by atoms with E-state index in [1.165, 1.54) is 31.4 Å². The van der Waals surface area contributed by atoms with E-state index in [1.807, 2.05) is 0 Å². The van der Waals surface area contributed by atoms with Crippen LogP contribution in [-0.2, 0) is 19.0 Å². The van der Waals surface area contributed by atoms with Gasteiger partial charge in [-0.25, -0.2) is 13.2 Å². The van der Waals surface area contributed by atoms with Crippen molar-refractivity contribution in [3.05, 3.63) is 70.0 Å². The van der Waals surface area contributed by atoms with E-state index < -0.39 is 29.2 Å². The molecule has 0 nitrogen and oxygen atoms in total. The van der Waals surface area contributed by atoms with Crippen molar-refractivity contribution in [2.24, 2.45) is 11.8 Å². The van der Waals surface area contributed by atoms with E-state index in [1.54, 1.807) is 0 Å². The van der Waals surface area contributed by atoms with Crippen LogP contribution < -0.4 is 0 Å². The molecule has 0 amide bonds. The zero-order valence-electron chi connectivity index (χ0n) is 19.3. The van der Waals surface area contributed by atoms with Crippen LogP contribution in [-0.4, -0.2) is 0 Å². The van der Waals surface area contributed by atoms with E-state index in [0.717, 1.165) is 37.8 Å². The predicted octanol–water partition coefficient (Wildman–Crippen LogP) is 9.01. The van der Waals surface area contributed by atoms with E-state index in [0.29, 0.717) is 23.5 Å². The maximum absolute atomic E-state index is 14.7. The van der Waals surface area contributed by atoms with E-state index >= 15 is 0 Å². The van der Waals surface area contributed by atoms with E-state index in [2.05, 4.69) is 13.8 Å². The molecule has 0 spiro atoms. The lowest BCUT2D eigenvalue weighted by atomic mass is 9.76. The van der Waals surface area contributed by atoms with Gasteiger partial charge in [-0.2, -0.15) is 13.2 Å². The Morgan fingerprint density at radius 2 is 1.48 bits per heavy atom. The summed E-state index contributed by atoms with van der Waals surface area (Å²) in [4.78, 5) is 0. The molecule has 0 saturated heterocycles. The molecule has 0 aliphatic heterocycles. The molecule has 0 aromatic heterocycles. The largest absolute Gasteiger partial charge is 0.419 e. The Morgan fingerprint density at radius 3 is 2.03 bits per heavy atom. The summed E-state index contributed by atoms with van der Waals surface area (Å²) in [6.07, 6.45) is 2.91. The quantitative estimate of drug-likeness (QED) is 0.338. The summed E-state index contributed by atoms with van der Waals surface area (Å²) in [6, 6.07) is 5.40. The van der Waals surface area contributed by atoms with Crippen molar-refractivity contribution in [2.75, 3.05) is 0 Å². The molecule has 1 aliphatic carbocycles. The van der Waals surface area contributed by atoms with Gasteiger partial charge in [0.15, 0.2) is 0 Å². The molecule has 1 fully saturated rings. The summed E-state index contributed by atoms with van der Waals surface area (Å²) < 4.78 is 81.3. The molecule has 6 heteroatoms. The van der Waals surface area contributed by atoms with Gasteiger partial charge in [0.05, 0.1) is 5.56 Å². The molecule has 0 N–H and O–H groups in total. The summed E-state index contributed by atoms with van der Waals surface area (Å²) in [5.41, 5.74) is -0.516. The van der Waals surface area contributed by atoms with E-state index in [-0.39, 0.29) is 29.9 Å². The Bertz CT molecular complexity index is 900. The monoisotopic (exact) mass is 470 g/mol. The third-order valence-electron chi connectivity index (χ3n) is 6.88. The summed E-state index contributed by atoms with van der Waals surface area (Å²) in [5, 5.41) is 0. The zero-order valence-corrected chi connectivity index (χ0v) is 19.3. The van der Waals surface area contributed by atoms with Gasteiger partial charge in [0, 0.05) is 5.56 Å². The Kier molecular flexibility index (Phi) is 8.52. The highest BCUT2D eigenvalue weighted by molar-refractivity contribution is 5.31. The van der Waals surface area contributed by atoms with Crippen LogP contribution in [0.4, 0.5) is 26.3 Å². The normalized spacial score (nSPS) is 19.3. The van der Waals surface area contributed by atoms with Crippen molar-refractivity contribution < 1.29 is 26.3 Å².